The number of hydrogen-bond donors (Lipinski definition) is 1. The fourth-order valence-corrected chi connectivity index (χ4v) is 3.27. The molecule has 0 aliphatic carbocycles. The van der Waals surface area contributed by atoms with Crippen LogP contribution in [0.4, 0.5) is 5.69 Å². The van der Waals surface area contributed by atoms with E-state index in [0.29, 0.717) is 11.6 Å². The van der Waals surface area contributed by atoms with Gasteiger partial charge in [0.15, 0.2) is 0 Å². The van der Waals surface area contributed by atoms with Gasteiger partial charge in [-0.05, 0) is 18.6 Å². The van der Waals surface area contributed by atoms with Crippen molar-refractivity contribution in [3.8, 4) is 0 Å². The first-order chi connectivity index (χ1) is 9.28. The van der Waals surface area contributed by atoms with E-state index in [4.69, 9.17) is 11.6 Å². The summed E-state index contributed by atoms with van der Waals surface area (Å²) in [4.78, 5) is 4.52. The summed E-state index contributed by atoms with van der Waals surface area (Å²) in [6.45, 7) is 2.75. The van der Waals surface area contributed by atoms with Crippen LogP contribution in [0.15, 0.2) is 17.5 Å². The lowest BCUT2D eigenvalue weighted by atomic mass is 10.2. The number of thiazole rings is 1. The molecule has 2 heterocycles. The van der Waals surface area contributed by atoms with E-state index in [0.717, 1.165) is 33.8 Å². The van der Waals surface area contributed by atoms with Crippen LogP contribution in [0.3, 0.4) is 0 Å². The van der Waals surface area contributed by atoms with Crippen LogP contribution in [0, 0.1) is 0 Å². The molecule has 0 spiro atoms. The molecule has 1 aromatic carbocycles. The van der Waals surface area contributed by atoms with Crippen molar-refractivity contribution in [1.29, 1.82) is 0 Å². The van der Waals surface area contributed by atoms with Crippen molar-refractivity contribution in [1.82, 2.24) is 13.7 Å². The van der Waals surface area contributed by atoms with Gasteiger partial charge >= 0.3 is 0 Å². The zero-order valence-corrected chi connectivity index (χ0v) is 12.6. The second-order valence-electron chi connectivity index (χ2n) is 3.99. The number of nitrogens with one attached hydrogen (secondary N) is 1. The number of hydrogen-bond acceptors (Lipinski definition) is 6. The predicted octanol–water partition coefficient (Wildman–Crippen LogP) is 3.98. The number of aromatic nitrogens is 3. The molecule has 0 bridgehead atoms. The first kappa shape index (κ1) is 12.8. The fraction of sp³-hybridized carbons (Fsp3) is 0.250. The molecule has 1 N–H and O–H groups in total. The van der Waals surface area contributed by atoms with Crippen molar-refractivity contribution < 1.29 is 0 Å². The van der Waals surface area contributed by atoms with Gasteiger partial charge in [0.05, 0.1) is 39.7 Å². The molecular formula is C12H11ClN4S2. The van der Waals surface area contributed by atoms with Crippen molar-refractivity contribution >= 4 is 51.4 Å². The normalized spacial score (nSPS) is 11.1. The maximum absolute atomic E-state index is 6.22. The minimum absolute atomic E-state index is 0.646. The van der Waals surface area contributed by atoms with Gasteiger partial charge in [-0.1, -0.05) is 18.5 Å². The third-order valence-corrected chi connectivity index (χ3v) is 4.62. The molecule has 0 atom stereocenters. The Bertz CT molecular complexity index is 707. The SMILES string of the molecule is CCc1nc(CNc2c(Cl)ccc3nsnc23)cs1. The Balaban J connectivity index is 1.84. The van der Waals surface area contributed by atoms with Crippen LogP contribution in [0.5, 0.6) is 0 Å². The molecule has 0 unspecified atom stereocenters. The van der Waals surface area contributed by atoms with Crippen molar-refractivity contribution in [2.45, 2.75) is 19.9 Å². The van der Waals surface area contributed by atoms with E-state index in [1.54, 1.807) is 11.3 Å². The van der Waals surface area contributed by atoms with Crippen LogP contribution in [0.1, 0.15) is 17.6 Å². The zero-order chi connectivity index (χ0) is 13.2. The van der Waals surface area contributed by atoms with E-state index in [1.807, 2.05) is 12.1 Å². The largest absolute Gasteiger partial charge is 0.376 e. The average Bonchev–Trinajstić information content (AvgIpc) is 3.05. The number of benzene rings is 1. The van der Waals surface area contributed by atoms with Gasteiger partial charge in [-0.15, -0.1) is 11.3 Å². The highest BCUT2D eigenvalue weighted by Gasteiger charge is 2.10. The highest BCUT2D eigenvalue weighted by atomic mass is 35.5. The Morgan fingerprint density at radius 1 is 1.32 bits per heavy atom. The monoisotopic (exact) mass is 310 g/mol. The lowest BCUT2D eigenvalue weighted by Gasteiger charge is -2.07. The van der Waals surface area contributed by atoms with Crippen LogP contribution in [-0.4, -0.2) is 13.7 Å². The topological polar surface area (TPSA) is 50.7 Å². The molecule has 0 saturated carbocycles. The van der Waals surface area contributed by atoms with Gasteiger partial charge in [0.25, 0.3) is 0 Å². The highest BCUT2D eigenvalue weighted by Crippen LogP contribution is 2.30. The Morgan fingerprint density at radius 3 is 3.00 bits per heavy atom. The number of aryl methyl sites for hydroxylation is 1. The minimum atomic E-state index is 0.646. The van der Waals surface area contributed by atoms with Gasteiger partial charge in [0.2, 0.25) is 0 Å². The van der Waals surface area contributed by atoms with E-state index in [-0.39, 0.29) is 0 Å². The second-order valence-corrected chi connectivity index (χ2v) is 5.87. The number of nitrogens with zero attached hydrogens (tertiary/aromatic N) is 3. The van der Waals surface area contributed by atoms with E-state index in [9.17, 15) is 0 Å². The molecule has 0 aliphatic heterocycles. The van der Waals surface area contributed by atoms with E-state index >= 15 is 0 Å². The third-order valence-electron chi connectivity index (χ3n) is 2.73. The fourth-order valence-electron chi connectivity index (χ4n) is 1.77. The summed E-state index contributed by atoms with van der Waals surface area (Å²) in [5.41, 5.74) is 3.55. The van der Waals surface area contributed by atoms with Gasteiger partial charge in [-0.2, -0.15) is 8.75 Å². The van der Waals surface area contributed by atoms with Crippen molar-refractivity contribution in [3.63, 3.8) is 0 Å². The summed E-state index contributed by atoms with van der Waals surface area (Å²) in [7, 11) is 0. The van der Waals surface area contributed by atoms with Crippen molar-refractivity contribution in [3.05, 3.63) is 33.2 Å². The summed E-state index contributed by atoms with van der Waals surface area (Å²) in [6.07, 6.45) is 0.969. The Labute approximate surface area is 123 Å². The van der Waals surface area contributed by atoms with Crippen molar-refractivity contribution in [2.24, 2.45) is 0 Å². The molecule has 0 aliphatic rings. The second kappa shape index (κ2) is 5.40. The van der Waals surface area contributed by atoms with Gasteiger partial charge in [0.1, 0.15) is 11.0 Å². The van der Waals surface area contributed by atoms with Crippen LogP contribution in [-0.2, 0) is 13.0 Å². The lowest BCUT2D eigenvalue weighted by Crippen LogP contribution is -2.01. The summed E-state index contributed by atoms with van der Waals surface area (Å²) in [5.74, 6) is 0. The van der Waals surface area contributed by atoms with Crippen LogP contribution >= 0.6 is 34.7 Å². The van der Waals surface area contributed by atoms with Gasteiger partial charge in [-0.3, -0.25) is 0 Å². The molecule has 4 nitrogen and oxygen atoms in total. The van der Waals surface area contributed by atoms with Crippen LogP contribution < -0.4 is 5.32 Å². The summed E-state index contributed by atoms with van der Waals surface area (Å²) >= 11 is 9.09. The molecule has 19 heavy (non-hydrogen) atoms. The first-order valence-electron chi connectivity index (χ1n) is 5.86. The maximum Gasteiger partial charge on any atom is 0.129 e. The Morgan fingerprint density at radius 2 is 2.21 bits per heavy atom. The molecule has 0 saturated heterocycles. The van der Waals surface area contributed by atoms with E-state index in [1.165, 1.54) is 11.7 Å². The summed E-state index contributed by atoms with van der Waals surface area (Å²) < 4.78 is 8.49. The molecule has 2 aromatic heterocycles. The third kappa shape index (κ3) is 2.56. The van der Waals surface area contributed by atoms with E-state index < -0.39 is 0 Å². The summed E-state index contributed by atoms with van der Waals surface area (Å²) in [6, 6.07) is 3.72. The zero-order valence-electron chi connectivity index (χ0n) is 10.2. The van der Waals surface area contributed by atoms with Gasteiger partial charge in [-0.25, -0.2) is 4.98 Å². The Kier molecular flexibility index (Phi) is 3.63. The first-order valence-corrected chi connectivity index (χ1v) is 7.84. The molecule has 98 valence electrons. The van der Waals surface area contributed by atoms with Crippen LogP contribution in [0.25, 0.3) is 11.0 Å². The molecule has 3 rings (SSSR count). The maximum atomic E-state index is 6.22. The van der Waals surface area contributed by atoms with Gasteiger partial charge in [0, 0.05) is 5.38 Å². The number of halogens is 1. The quantitative estimate of drug-likeness (QED) is 0.792. The number of anilines is 1. The summed E-state index contributed by atoms with van der Waals surface area (Å²) in [5, 5.41) is 7.19. The molecule has 3 aromatic rings. The molecule has 0 fully saturated rings. The Hall–Kier alpha value is -1.24. The van der Waals surface area contributed by atoms with Crippen LogP contribution in [0.2, 0.25) is 5.02 Å². The van der Waals surface area contributed by atoms with Crippen molar-refractivity contribution in [2.75, 3.05) is 5.32 Å². The number of rotatable bonds is 4. The molecular weight excluding hydrogens is 300 g/mol. The lowest BCUT2D eigenvalue weighted by molar-refractivity contribution is 1.01. The van der Waals surface area contributed by atoms with E-state index in [2.05, 4.69) is 31.4 Å². The standard InChI is InChI=1S/C12H11ClN4S2/c1-2-10-15-7(6-18-10)5-14-11-8(13)3-4-9-12(11)17-19-16-9/h3-4,6,14H,2,5H2,1H3. The minimum Gasteiger partial charge on any atom is -0.376 e. The average molecular weight is 311 g/mol. The van der Waals surface area contributed by atoms with Gasteiger partial charge < -0.3 is 5.32 Å². The predicted molar refractivity (Wildman–Crippen MR) is 81.2 cm³/mol. The molecule has 0 amide bonds. The number of fused-ring (bicyclic) bond motifs is 1. The molecule has 0 radical (unpaired) electrons. The highest BCUT2D eigenvalue weighted by molar-refractivity contribution is 7.09. The molecule has 7 heteroatoms. The smallest absolute Gasteiger partial charge is 0.129 e.